The SMILES string of the molecule is CCC(=O)N=C1SC2CS(=O)(=O)CC2N1c1ccc(Oc2ccccc2)cc1. The summed E-state index contributed by atoms with van der Waals surface area (Å²) < 4.78 is 30.0. The first-order valence-electron chi connectivity index (χ1n) is 9.06. The Morgan fingerprint density at radius 1 is 1.11 bits per heavy atom. The summed E-state index contributed by atoms with van der Waals surface area (Å²) in [6, 6.07) is 16.7. The van der Waals surface area contributed by atoms with Gasteiger partial charge in [0.1, 0.15) is 11.5 Å². The van der Waals surface area contributed by atoms with E-state index in [0.717, 1.165) is 11.4 Å². The molecule has 2 aliphatic rings. The highest BCUT2D eigenvalue weighted by Crippen LogP contribution is 2.41. The molecular weight excluding hydrogens is 396 g/mol. The zero-order valence-corrected chi connectivity index (χ0v) is 16.9. The maximum atomic E-state index is 12.1. The maximum Gasteiger partial charge on any atom is 0.247 e. The number of rotatable bonds is 4. The fourth-order valence-corrected chi connectivity index (χ4v) is 7.28. The van der Waals surface area contributed by atoms with Crippen LogP contribution in [0.4, 0.5) is 5.69 Å². The van der Waals surface area contributed by atoms with Crippen LogP contribution in [0.3, 0.4) is 0 Å². The smallest absolute Gasteiger partial charge is 0.247 e. The summed E-state index contributed by atoms with van der Waals surface area (Å²) in [4.78, 5) is 18.0. The lowest BCUT2D eigenvalue weighted by molar-refractivity contribution is -0.117. The number of amides is 1. The molecule has 4 rings (SSSR count). The third-order valence-electron chi connectivity index (χ3n) is 4.68. The van der Waals surface area contributed by atoms with Crippen LogP contribution in [0.5, 0.6) is 11.5 Å². The number of sulfone groups is 1. The van der Waals surface area contributed by atoms with Crippen LogP contribution in [-0.4, -0.2) is 42.3 Å². The zero-order chi connectivity index (χ0) is 19.7. The third-order valence-corrected chi connectivity index (χ3v) is 7.89. The first-order valence-corrected chi connectivity index (χ1v) is 11.8. The number of carbonyl (C=O) groups is 1. The lowest BCUT2D eigenvalue weighted by Crippen LogP contribution is -2.37. The molecule has 0 N–H and O–H groups in total. The standard InChI is InChI=1S/C20H20N2O4S2/c1-2-19(23)21-20-22(17-12-28(24,25)13-18(17)27-20)14-8-10-16(11-9-14)26-15-6-4-3-5-7-15/h3-11,17-18H,2,12-13H2,1H3. The Morgan fingerprint density at radius 2 is 1.79 bits per heavy atom. The molecule has 146 valence electrons. The minimum Gasteiger partial charge on any atom is -0.457 e. The molecule has 0 bridgehead atoms. The minimum atomic E-state index is -3.08. The topological polar surface area (TPSA) is 76.0 Å². The van der Waals surface area contributed by atoms with Crippen LogP contribution < -0.4 is 9.64 Å². The van der Waals surface area contributed by atoms with Crippen LogP contribution in [-0.2, 0) is 14.6 Å². The van der Waals surface area contributed by atoms with E-state index < -0.39 is 9.84 Å². The van der Waals surface area contributed by atoms with Gasteiger partial charge in [0.2, 0.25) is 5.91 Å². The molecule has 28 heavy (non-hydrogen) atoms. The van der Waals surface area contributed by atoms with Gasteiger partial charge in [-0.2, -0.15) is 4.99 Å². The Bertz CT molecular complexity index is 1000. The van der Waals surface area contributed by atoms with Gasteiger partial charge in [0.25, 0.3) is 0 Å². The maximum absolute atomic E-state index is 12.1. The Balaban J connectivity index is 1.62. The monoisotopic (exact) mass is 416 g/mol. The summed E-state index contributed by atoms with van der Waals surface area (Å²) in [5, 5.41) is 0.474. The molecule has 0 saturated carbocycles. The Labute approximate surface area is 168 Å². The molecule has 0 radical (unpaired) electrons. The number of carbonyl (C=O) groups excluding carboxylic acids is 1. The van der Waals surface area contributed by atoms with Crippen molar-refractivity contribution in [2.75, 3.05) is 16.4 Å². The summed E-state index contributed by atoms with van der Waals surface area (Å²) in [5.74, 6) is 1.41. The molecule has 1 amide bonds. The number of ether oxygens (including phenoxy) is 1. The van der Waals surface area contributed by atoms with Gasteiger partial charge in [-0.3, -0.25) is 4.79 Å². The number of thioether (sulfide) groups is 1. The highest BCUT2D eigenvalue weighted by molar-refractivity contribution is 8.16. The molecule has 2 saturated heterocycles. The molecule has 2 unspecified atom stereocenters. The van der Waals surface area contributed by atoms with Crippen molar-refractivity contribution in [1.82, 2.24) is 0 Å². The lowest BCUT2D eigenvalue weighted by Gasteiger charge is -2.24. The summed E-state index contributed by atoms with van der Waals surface area (Å²) >= 11 is 1.38. The first-order chi connectivity index (χ1) is 13.4. The molecule has 2 aromatic rings. The number of aliphatic imine (C=N–C) groups is 1. The van der Waals surface area contributed by atoms with E-state index in [1.807, 2.05) is 59.5 Å². The molecule has 2 atom stereocenters. The van der Waals surface area contributed by atoms with Gasteiger partial charge < -0.3 is 9.64 Å². The number of fused-ring (bicyclic) bond motifs is 1. The highest BCUT2D eigenvalue weighted by atomic mass is 32.2. The second-order valence-corrected chi connectivity index (χ2v) is 10.1. The fourth-order valence-electron chi connectivity index (χ4n) is 3.35. The molecule has 0 aromatic heterocycles. The number of amidine groups is 1. The van der Waals surface area contributed by atoms with Crippen molar-refractivity contribution in [2.45, 2.75) is 24.6 Å². The average molecular weight is 417 g/mol. The van der Waals surface area contributed by atoms with Gasteiger partial charge in [-0.25, -0.2) is 8.42 Å². The number of para-hydroxylation sites is 1. The van der Waals surface area contributed by atoms with Gasteiger partial charge in [-0.1, -0.05) is 36.9 Å². The molecular formula is C20H20N2O4S2. The van der Waals surface area contributed by atoms with Crippen LogP contribution in [0.2, 0.25) is 0 Å². The summed E-state index contributed by atoms with van der Waals surface area (Å²) in [5.41, 5.74) is 0.806. The molecule has 2 fully saturated rings. The molecule has 2 heterocycles. The van der Waals surface area contributed by atoms with Crippen molar-refractivity contribution < 1.29 is 17.9 Å². The summed E-state index contributed by atoms with van der Waals surface area (Å²) in [6.45, 7) is 1.76. The van der Waals surface area contributed by atoms with Crippen molar-refractivity contribution in [2.24, 2.45) is 4.99 Å². The van der Waals surface area contributed by atoms with Gasteiger partial charge >= 0.3 is 0 Å². The predicted octanol–water partition coefficient (Wildman–Crippen LogP) is 3.49. The number of anilines is 1. The van der Waals surface area contributed by atoms with Crippen molar-refractivity contribution in [3.8, 4) is 11.5 Å². The van der Waals surface area contributed by atoms with Gasteiger partial charge in [-0.05, 0) is 36.4 Å². The second kappa shape index (κ2) is 7.60. The Kier molecular flexibility index (Phi) is 5.16. The molecule has 2 aliphatic heterocycles. The van der Waals surface area contributed by atoms with Crippen LogP contribution in [0.1, 0.15) is 13.3 Å². The Morgan fingerprint density at radius 3 is 2.46 bits per heavy atom. The van der Waals surface area contributed by atoms with Gasteiger partial charge in [0.05, 0.1) is 17.5 Å². The van der Waals surface area contributed by atoms with Crippen molar-refractivity contribution in [1.29, 1.82) is 0 Å². The molecule has 0 spiro atoms. The van der Waals surface area contributed by atoms with Gasteiger partial charge in [0, 0.05) is 17.4 Å². The molecule has 0 aliphatic carbocycles. The number of hydrogen-bond acceptors (Lipinski definition) is 5. The average Bonchev–Trinajstić information content (AvgIpc) is 3.14. The Hall–Kier alpha value is -2.32. The summed E-state index contributed by atoms with van der Waals surface area (Å²) in [6.07, 6.45) is 0.315. The predicted molar refractivity (Wildman–Crippen MR) is 112 cm³/mol. The van der Waals surface area contributed by atoms with Gasteiger partial charge in [-0.15, -0.1) is 0 Å². The quantitative estimate of drug-likeness (QED) is 0.759. The first kappa shape index (κ1) is 19.0. The van der Waals surface area contributed by atoms with E-state index in [0.29, 0.717) is 17.3 Å². The van der Waals surface area contributed by atoms with Gasteiger partial charge in [0.15, 0.2) is 15.0 Å². The van der Waals surface area contributed by atoms with E-state index in [4.69, 9.17) is 4.74 Å². The van der Waals surface area contributed by atoms with Crippen LogP contribution in [0.15, 0.2) is 59.6 Å². The number of nitrogens with zero attached hydrogens (tertiary/aromatic N) is 2. The van der Waals surface area contributed by atoms with E-state index in [-0.39, 0.29) is 28.7 Å². The van der Waals surface area contributed by atoms with E-state index in [9.17, 15) is 13.2 Å². The molecule has 2 aromatic carbocycles. The van der Waals surface area contributed by atoms with E-state index in [1.165, 1.54) is 11.8 Å². The molecule has 6 nitrogen and oxygen atoms in total. The minimum absolute atomic E-state index is 0.0757. The number of benzene rings is 2. The summed E-state index contributed by atoms with van der Waals surface area (Å²) in [7, 11) is -3.08. The lowest BCUT2D eigenvalue weighted by atomic mass is 10.2. The second-order valence-electron chi connectivity index (χ2n) is 6.72. The number of hydrogen-bond donors (Lipinski definition) is 0. The van der Waals surface area contributed by atoms with Crippen molar-refractivity contribution in [3.05, 3.63) is 54.6 Å². The molecule has 8 heteroatoms. The van der Waals surface area contributed by atoms with Crippen LogP contribution >= 0.6 is 11.8 Å². The fraction of sp³-hybridized carbons (Fsp3) is 0.300. The van der Waals surface area contributed by atoms with E-state index in [1.54, 1.807) is 6.92 Å². The zero-order valence-electron chi connectivity index (χ0n) is 15.3. The van der Waals surface area contributed by atoms with E-state index in [2.05, 4.69) is 4.99 Å². The highest BCUT2D eigenvalue weighted by Gasteiger charge is 2.49. The largest absolute Gasteiger partial charge is 0.457 e. The van der Waals surface area contributed by atoms with Crippen molar-refractivity contribution >= 4 is 38.4 Å². The van der Waals surface area contributed by atoms with Crippen LogP contribution in [0.25, 0.3) is 0 Å². The van der Waals surface area contributed by atoms with Crippen molar-refractivity contribution in [3.63, 3.8) is 0 Å². The third kappa shape index (κ3) is 3.93. The van der Waals surface area contributed by atoms with Crippen LogP contribution in [0, 0.1) is 0 Å². The normalized spacial score (nSPS) is 24.3. The van der Waals surface area contributed by atoms with E-state index >= 15 is 0 Å².